The molecule has 0 aromatic heterocycles. The van der Waals surface area contributed by atoms with Gasteiger partial charge in [0.15, 0.2) is 5.96 Å². The number of likely N-dealkylation sites (tertiary alicyclic amines) is 1. The standard InChI is InChI=1S/C20H32N4O2.HI/c1-5-15-8-6-10-17(12-15)23-18(21)22-13-16-9-7-11-24(14-16)19(25)26-20(2,3)4;/h6,8,10,12,16H,5,7,9,11,13-14H2,1-4H3,(H3,21,22,23);1H. The third-order valence-electron chi connectivity index (χ3n) is 4.30. The van der Waals surface area contributed by atoms with Crippen LogP contribution in [0.4, 0.5) is 10.5 Å². The van der Waals surface area contributed by atoms with Crippen molar-refractivity contribution in [3.05, 3.63) is 29.8 Å². The second-order valence-corrected chi connectivity index (χ2v) is 7.84. The summed E-state index contributed by atoms with van der Waals surface area (Å²) in [6.07, 6.45) is 2.75. The van der Waals surface area contributed by atoms with Crippen molar-refractivity contribution < 1.29 is 9.53 Å². The average molecular weight is 488 g/mol. The van der Waals surface area contributed by atoms with Gasteiger partial charge in [0.25, 0.3) is 0 Å². The molecule has 2 rings (SSSR count). The Morgan fingerprint density at radius 2 is 2.15 bits per heavy atom. The Balaban J connectivity index is 0.00000364. The molecule has 1 aliphatic rings. The van der Waals surface area contributed by atoms with Gasteiger partial charge in [0, 0.05) is 25.3 Å². The molecule has 0 bridgehead atoms. The number of carbonyl (C=O) groups is 1. The minimum Gasteiger partial charge on any atom is -0.444 e. The molecule has 0 radical (unpaired) electrons. The quantitative estimate of drug-likeness (QED) is 0.378. The topological polar surface area (TPSA) is 80.0 Å². The van der Waals surface area contributed by atoms with E-state index in [1.54, 1.807) is 4.90 Å². The lowest BCUT2D eigenvalue weighted by Gasteiger charge is -2.33. The molecule has 1 aliphatic heterocycles. The molecule has 0 spiro atoms. The zero-order valence-corrected chi connectivity index (χ0v) is 19.2. The van der Waals surface area contributed by atoms with Crippen molar-refractivity contribution in [2.75, 3.05) is 25.0 Å². The number of aryl methyl sites for hydroxylation is 1. The number of ether oxygens (including phenoxy) is 1. The van der Waals surface area contributed by atoms with Gasteiger partial charge in [-0.05, 0) is 63.6 Å². The summed E-state index contributed by atoms with van der Waals surface area (Å²) in [5, 5.41) is 3.14. The van der Waals surface area contributed by atoms with Gasteiger partial charge in [-0.1, -0.05) is 19.1 Å². The molecule has 152 valence electrons. The van der Waals surface area contributed by atoms with Crippen LogP contribution in [0.3, 0.4) is 0 Å². The van der Waals surface area contributed by atoms with Crippen molar-refractivity contribution in [1.82, 2.24) is 4.90 Å². The number of halogens is 1. The smallest absolute Gasteiger partial charge is 0.410 e. The first-order valence-corrected chi connectivity index (χ1v) is 9.40. The van der Waals surface area contributed by atoms with Gasteiger partial charge in [0.2, 0.25) is 0 Å². The monoisotopic (exact) mass is 488 g/mol. The average Bonchev–Trinajstić information content (AvgIpc) is 2.59. The molecule has 1 unspecified atom stereocenters. The number of anilines is 1. The normalized spacial score (nSPS) is 17.9. The van der Waals surface area contributed by atoms with Crippen molar-refractivity contribution in [2.24, 2.45) is 16.6 Å². The van der Waals surface area contributed by atoms with Gasteiger partial charge in [0.05, 0.1) is 0 Å². The van der Waals surface area contributed by atoms with E-state index in [4.69, 9.17) is 10.5 Å². The number of aliphatic imine (C=N–C) groups is 1. The summed E-state index contributed by atoms with van der Waals surface area (Å²) in [5.74, 6) is 0.714. The first kappa shape index (κ1) is 23.5. The van der Waals surface area contributed by atoms with Crippen LogP contribution in [0.5, 0.6) is 0 Å². The number of nitrogens with one attached hydrogen (secondary N) is 1. The van der Waals surface area contributed by atoms with Crippen molar-refractivity contribution in [1.29, 1.82) is 0 Å². The molecule has 1 amide bonds. The summed E-state index contributed by atoms with van der Waals surface area (Å²) in [4.78, 5) is 18.5. The summed E-state index contributed by atoms with van der Waals surface area (Å²) in [5.41, 5.74) is 7.76. The third-order valence-corrected chi connectivity index (χ3v) is 4.30. The highest BCUT2D eigenvalue weighted by atomic mass is 127. The maximum atomic E-state index is 12.2. The van der Waals surface area contributed by atoms with Gasteiger partial charge in [-0.3, -0.25) is 4.99 Å². The number of piperidine rings is 1. The van der Waals surface area contributed by atoms with Crippen LogP contribution in [0.1, 0.15) is 46.1 Å². The first-order valence-electron chi connectivity index (χ1n) is 9.40. The van der Waals surface area contributed by atoms with E-state index in [2.05, 4.69) is 29.4 Å². The molecule has 1 saturated heterocycles. The van der Waals surface area contributed by atoms with Crippen molar-refractivity contribution in [3.63, 3.8) is 0 Å². The summed E-state index contributed by atoms with van der Waals surface area (Å²) >= 11 is 0. The molecule has 1 atom stereocenters. The molecule has 0 saturated carbocycles. The first-order chi connectivity index (χ1) is 12.3. The minimum absolute atomic E-state index is 0. The Morgan fingerprint density at radius 3 is 2.81 bits per heavy atom. The Morgan fingerprint density at radius 1 is 1.41 bits per heavy atom. The predicted octanol–water partition coefficient (Wildman–Crippen LogP) is 4.24. The van der Waals surface area contributed by atoms with Crippen LogP contribution in [-0.4, -0.2) is 42.2 Å². The van der Waals surface area contributed by atoms with E-state index in [9.17, 15) is 4.79 Å². The number of carbonyl (C=O) groups excluding carboxylic acids is 1. The summed E-state index contributed by atoms with van der Waals surface area (Å²) in [6, 6.07) is 8.15. The number of hydrogen-bond acceptors (Lipinski definition) is 3. The fourth-order valence-electron chi connectivity index (χ4n) is 2.99. The number of hydrogen-bond donors (Lipinski definition) is 2. The minimum atomic E-state index is -0.469. The molecule has 6 nitrogen and oxygen atoms in total. The van der Waals surface area contributed by atoms with Gasteiger partial charge in [-0.2, -0.15) is 0 Å². The predicted molar refractivity (Wildman–Crippen MR) is 122 cm³/mol. The fourth-order valence-corrected chi connectivity index (χ4v) is 2.99. The molecule has 27 heavy (non-hydrogen) atoms. The van der Waals surface area contributed by atoms with Crippen LogP contribution in [0.15, 0.2) is 29.3 Å². The maximum absolute atomic E-state index is 12.2. The number of guanidine groups is 1. The molecule has 3 N–H and O–H groups in total. The van der Waals surface area contributed by atoms with E-state index in [1.165, 1.54) is 5.56 Å². The number of rotatable bonds is 4. The van der Waals surface area contributed by atoms with Gasteiger partial charge in [-0.15, -0.1) is 24.0 Å². The SMILES string of the molecule is CCc1cccc(NC(N)=NCC2CCCN(C(=O)OC(C)(C)C)C2)c1.I. The molecule has 7 heteroatoms. The fraction of sp³-hybridized carbons (Fsp3) is 0.600. The van der Waals surface area contributed by atoms with E-state index >= 15 is 0 Å². The molecule has 0 aliphatic carbocycles. The van der Waals surface area contributed by atoms with E-state index in [0.717, 1.165) is 31.5 Å². The number of nitrogens with zero attached hydrogens (tertiary/aromatic N) is 2. The highest BCUT2D eigenvalue weighted by Gasteiger charge is 2.27. The zero-order chi connectivity index (χ0) is 19.2. The van der Waals surface area contributed by atoms with Crippen molar-refractivity contribution in [2.45, 2.75) is 52.6 Å². The van der Waals surface area contributed by atoms with Crippen LogP contribution < -0.4 is 11.1 Å². The largest absolute Gasteiger partial charge is 0.444 e. The lowest BCUT2D eigenvalue weighted by Crippen LogP contribution is -2.43. The van der Waals surface area contributed by atoms with E-state index in [0.29, 0.717) is 25.0 Å². The highest BCUT2D eigenvalue weighted by Crippen LogP contribution is 2.19. The molecule has 1 fully saturated rings. The van der Waals surface area contributed by atoms with E-state index in [1.807, 2.05) is 32.9 Å². The number of benzene rings is 1. The molecular weight excluding hydrogens is 455 g/mol. The lowest BCUT2D eigenvalue weighted by atomic mass is 9.98. The summed E-state index contributed by atoms with van der Waals surface area (Å²) in [7, 11) is 0. The Bertz CT molecular complexity index is 643. The van der Waals surface area contributed by atoms with Gasteiger partial charge < -0.3 is 20.7 Å². The maximum Gasteiger partial charge on any atom is 0.410 e. The molecule has 1 heterocycles. The summed E-state index contributed by atoms with van der Waals surface area (Å²) in [6.45, 7) is 9.79. The third kappa shape index (κ3) is 8.36. The van der Waals surface area contributed by atoms with Crippen LogP contribution in [0.25, 0.3) is 0 Å². The van der Waals surface area contributed by atoms with Crippen LogP contribution >= 0.6 is 24.0 Å². The highest BCUT2D eigenvalue weighted by molar-refractivity contribution is 14.0. The van der Waals surface area contributed by atoms with E-state index in [-0.39, 0.29) is 30.1 Å². The molecule has 1 aromatic carbocycles. The second kappa shape index (κ2) is 10.7. The van der Waals surface area contributed by atoms with Gasteiger partial charge >= 0.3 is 6.09 Å². The second-order valence-electron chi connectivity index (χ2n) is 7.84. The van der Waals surface area contributed by atoms with Crippen LogP contribution in [0, 0.1) is 5.92 Å². The lowest BCUT2D eigenvalue weighted by molar-refractivity contribution is 0.0171. The molecule has 1 aromatic rings. The van der Waals surface area contributed by atoms with Crippen molar-refractivity contribution in [3.8, 4) is 0 Å². The Labute approximate surface area is 179 Å². The van der Waals surface area contributed by atoms with Crippen LogP contribution in [0.2, 0.25) is 0 Å². The Kier molecular flexibility index (Phi) is 9.35. The summed E-state index contributed by atoms with van der Waals surface area (Å²) < 4.78 is 5.47. The van der Waals surface area contributed by atoms with Gasteiger partial charge in [0.1, 0.15) is 5.60 Å². The van der Waals surface area contributed by atoms with Crippen LogP contribution in [-0.2, 0) is 11.2 Å². The number of nitrogens with two attached hydrogens (primary N) is 1. The zero-order valence-electron chi connectivity index (χ0n) is 16.8. The number of amides is 1. The molecular formula is C20H33IN4O2. The Hall–Kier alpha value is -1.51. The van der Waals surface area contributed by atoms with Crippen molar-refractivity contribution >= 4 is 41.7 Å². The van der Waals surface area contributed by atoms with Gasteiger partial charge in [-0.25, -0.2) is 4.79 Å². The van der Waals surface area contributed by atoms with E-state index < -0.39 is 5.60 Å².